The van der Waals surface area contributed by atoms with Crippen molar-refractivity contribution in [3.63, 3.8) is 0 Å². The Morgan fingerprint density at radius 1 is 1.29 bits per heavy atom. The van der Waals surface area contributed by atoms with E-state index in [2.05, 4.69) is 26.8 Å². The number of benzene rings is 1. The molecule has 2 N–H and O–H groups in total. The molecule has 78 valence electrons. The summed E-state index contributed by atoms with van der Waals surface area (Å²) < 4.78 is 5.29. The van der Waals surface area contributed by atoms with E-state index < -0.39 is 0 Å². The summed E-state index contributed by atoms with van der Waals surface area (Å²) in [5, 5.41) is 0. The Morgan fingerprint density at radius 2 is 1.93 bits per heavy atom. The molecule has 0 spiro atoms. The lowest BCUT2D eigenvalue weighted by molar-refractivity contribution is 0.396. The summed E-state index contributed by atoms with van der Waals surface area (Å²) in [5.74, 6) is 1.31. The van der Waals surface area contributed by atoms with Gasteiger partial charge >= 0.3 is 0 Å². The zero-order valence-corrected chi connectivity index (χ0v) is 9.37. The monoisotopic (exact) mass is 193 g/mol. The molecule has 1 unspecified atom stereocenters. The molecular formula is C12H19NO. The van der Waals surface area contributed by atoms with Crippen molar-refractivity contribution in [1.82, 2.24) is 0 Å². The Hall–Kier alpha value is -1.02. The number of ether oxygens (including phenoxy) is 1. The normalized spacial score (nSPS) is 13.0. The average Bonchev–Trinajstić information content (AvgIpc) is 2.16. The quantitative estimate of drug-likeness (QED) is 0.801. The Labute approximate surface area is 86.1 Å². The third kappa shape index (κ3) is 2.26. The zero-order chi connectivity index (χ0) is 10.7. The van der Waals surface area contributed by atoms with E-state index in [1.807, 2.05) is 12.1 Å². The van der Waals surface area contributed by atoms with Gasteiger partial charge in [-0.25, -0.2) is 0 Å². The minimum absolute atomic E-state index is 0.0462. The van der Waals surface area contributed by atoms with Crippen LogP contribution in [-0.4, -0.2) is 7.11 Å². The molecule has 1 aromatic rings. The first kappa shape index (κ1) is 11.1. The molecule has 0 aliphatic heterocycles. The minimum atomic E-state index is 0.0462. The molecule has 1 rings (SSSR count). The lowest BCUT2D eigenvalue weighted by Gasteiger charge is -2.19. The number of hydrogen-bond acceptors (Lipinski definition) is 2. The Kier molecular flexibility index (Phi) is 3.53. The highest BCUT2D eigenvalue weighted by Gasteiger charge is 2.14. The van der Waals surface area contributed by atoms with E-state index >= 15 is 0 Å². The molecular weight excluding hydrogens is 174 g/mol. The smallest absolute Gasteiger partial charge is 0.123 e. The number of hydrogen-bond donors (Lipinski definition) is 1. The van der Waals surface area contributed by atoms with Gasteiger partial charge in [0.15, 0.2) is 0 Å². The van der Waals surface area contributed by atoms with Gasteiger partial charge in [-0.3, -0.25) is 0 Å². The summed E-state index contributed by atoms with van der Waals surface area (Å²) in [6.45, 7) is 6.30. The fourth-order valence-corrected chi connectivity index (χ4v) is 1.47. The molecule has 0 aliphatic rings. The van der Waals surface area contributed by atoms with Crippen molar-refractivity contribution in [3.05, 3.63) is 29.3 Å². The van der Waals surface area contributed by atoms with Gasteiger partial charge in [-0.1, -0.05) is 31.5 Å². The maximum absolute atomic E-state index is 6.10. The summed E-state index contributed by atoms with van der Waals surface area (Å²) in [6.07, 6.45) is 0. The van der Waals surface area contributed by atoms with E-state index in [1.54, 1.807) is 7.11 Å². The van der Waals surface area contributed by atoms with Crippen molar-refractivity contribution >= 4 is 0 Å². The average molecular weight is 193 g/mol. The molecule has 0 radical (unpaired) electrons. The second-order valence-corrected chi connectivity index (χ2v) is 4.02. The summed E-state index contributed by atoms with van der Waals surface area (Å²) in [7, 11) is 1.68. The topological polar surface area (TPSA) is 35.2 Å². The highest BCUT2D eigenvalue weighted by Crippen LogP contribution is 2.28. The lowest BCUT2D eigenvalue weighted by Crippen LogP contribution is -2.17. The van der Waals surface area contributed by atoms with Gasteiger partial charge in [0.1, 0.15) is 5.75 Å². The number of methoxy groups -OCH3 is 1. The lowest BCUT2D eigenvalue weighted by atomic mass is 9.95. The van der Waals surface area contributed by atoms with E-state index in [0.29, 0.717) is 5.92 Å². The summed E-state index contributed by atoms with van der Waals surface area (Å²) in [6, 6.07) is 6.16. The fourth-order valence-electron chi connectivity index (χ4n) is 1.47. The van der Waals surface area contributed by atoms with Crippen LogP contribution in [0.3, 0.4) is 0 Å². The highest BCUT2D eigenvalue weighted by atomic mass is 16.5. The second kappa shape index (κ2) is 4.47. The fraction of sp³-hybridized carbons (Fsp3) is 0.500. The third-order valence-corrected chi connectivity index (χ3v) is 2.46. The van der Waals surface area contributed by atoms with Gasteiger partial charge < -0.3 is 10.5 Å². The van der Waals surface area contributed by atoms with Crippen molar-refractivity contribution in [3.8, 4) is 5.75 Å². The highest BCUT2D eigenvalue weighted by molar-refractivity contribution is 5.39. The van der Waals surface area contributed by atoms with Crippen molar-refractivity contribution in [2.24, 2.45) is 11.7 Å². The van der Waals surface area contributed by atoms with Crippen LogP contribution in [-0.2, 0) is 0 Å². The van der Waals surface area contributed by atoms with E-state index in [1.165, 1.54) is 5.56 Å². The van der Waals surface area contributed by atoms with Gasteiger partial charge in [-0.15, -0.1) is 0 Å². The van der Waals surface area contributed by atoms with Crippen LogP contribution < -0.4 is 10.5 Å². The van der Waals surface area contributed by atoms with E-state index in [4.69, 9.17) is 10.5 Å². The summed E-state index contributed by atoms with van der Waals surface area (Å²) in [4.78, 5) is 0. The number of aryl methyl sites for hydroxylation is 1. The van der Waals surface area contributed by atoms with Crippen LogP contribution in [0, 0.1) is 12.8 Å². The molecule has 0 saturated carbocycles. The van der Waals surface area contributed by atoms with Gasteiger partial charge in [0, 0.05) is 11.6 Å². The SMILES string of the molecule is COc1ccc(C)cc1C(N)C(C)C. The van der Waals surface area contributed by atoms with Crippen molar-refractivity contribution < 1.29 is 4.74 Å². The Morgan fingerprint density at radius 3 is 2.43 bits per heavy atom. The maximum atomic E-state index is 6.10. The first-order valence-corrected chi connectivity index (χ1v) is 4.96. The predicted molar refractivity (Wildman–Crippen MR) is 59.5 cm³/mol. The van der Waals surface area contributed by atoms with Gasteiger partial charge in [0.2, 0.25) is 0 Å². The molecule has 2 nitrogen and oxygen atoms in total. The van der Waals surface area contributed by atoms with Crippen molar-refractivity contribution in [2.45, 2.75) is 26.8 Å². The van der Waals surface area contributed by atoms with Crippen molar-refractivity contribution in [2.75, 3.05) is 7.11 Å². The Bertz CT molecular complexity index is 307. The van der Waals surface area contributed by atoms with Crippen LogP contribution in [0.15, 0.2) is 18.2 Å². The van der Waals surface area contributed by atoms with Gasteiger partial charge in [-0.05, 0) is 18.9 Å². The van der Waals surface area contributed by atoms with Crippen molar-refractivity contribution in [1.29, 1.82) is 0 Å². The summed E-state index contributed by atoms with van der Waals surface area (Å²) >= 11 is 0. The molecule has 0 aromatic heterocycles. The predicted octanol–water partition coefficient (Wildman–Crippen LogP) is 2.66. The standard InChI is InChI=1S/C12H19NO/c1-8(2)12(13)10-7-9(3)5-6-11(10)14-4/h5-8,12H,13H2,1-4H3. The first-order valence-electron chi connectivity index (χ1n) is 4.96. The number of nitrogens with two attached hydrogens (primary N) is 1. The molecule has 0 aliphatic carbocycles. The molecule has 2 heteroatoms. The molecule has 1 aromatic carbocycles. The van der Waals surface area contributed by atoms with Crippen LogP contribution in [0.25, 0.3) is 0 Å². The molecule has 0 amide bonds. The van der Waals surface area contributed by atoms with Gasteiger partial charge in [0.25, 0.3) is 0 Å². The Balaban J connectivity index is 3.10. The van der Waals surface area contributed by atoms with Gasteiger partial charge in [0.05, 0.1) is 7.11 Å². The van der Waals surface area contributed by atoms with Crippen LogP contribution in [0.4, 0.5) is 0 Å². The minimum Gasteiger partial charge on any atom is -0.496 e. The van der Waals surface area contributed by atoms with Gasteiger partial charge in [-0.2, -0.15) is 0 Å². The maximum Gasteiger partial charge on any atom is 0.123 e. The molecule has 1 atom stereocenters. The molecule has 0 saturated heterocycles. The van der Waals surface area contributed by atoms with Crippen LogP contribution in [0.2, 0.25) is 0 Å². The van der Waals surface area contributed by atoms with E-state index in [0.717, 1.165) is 11.3 Å². The van der Waals surface area contributed by atoms with Crippen LogP contribution in [0.1, 0.15) is 31.0 Å². The zero-order valence-electron chi connectivity index (χ0n) is 9.37. The van der Waals surface area contributed by atoms with Crippen LogP contribution >= 0.6 is 0 Å². The largest absolute Gasteiger partial charge is 0.496 e. The third-order valence-electron chi connectivity index (χ3n) is 2.46. The number of rotatable bonds is 3. The van der Waals surface area contributed by atoms with E-state index in [9.17, 15) is 0 Å². The molecule has 14 heavy (non-hydrogen) atoms. The van der Waals surface area contributed by atoms with E-state index in [-0.39, 0.29) is 6.04 Å². The molecule has 0 heterocycles. The first-order chi connectivity index (χ1) is 6.56. The second-order valence-electron chi connectivity index (χ2n) is 4.02. The van der Waals surface area contributed by atoms with Crippen LogP contribution in [0.5, 0.6) is 5.75 Å². The molecule has 0 fully saturated rings. The summed E-state index contributed by atoms with van der Waals surface area (Å²) in [5.41, 5.74) is 8.42. The molecule has 0 bridgehead atoms.